The molecule has 0 saturated heterocycles. The van der Waals surface area contributed by atoms with Crippen molar-refractivity contribution in [2.24, 2.45) is 0 Å². The molecule has 0 amide bonds. The Kier molecular flexibility index (Phi) is 8.36. The van der Waals surface area contributed by atoms with E-state index in [4.69, 9.17) is 14.2 Å². The van der Waals surface area contributed by atoms with Crippen LogP contribution in [0.15, 0.2) is 42.6 Å². The Morgan fingerprint density at radius 1 is 1.00 bits per heavy atom. The van der Waals surface area contributed by atoms with Gasteiger partial charge < -0.3 is 18.9 Å². The maximum absolute atomic E-state index is 13.5. The molecule has 2 aromatic carbocycles. The van der Waals surface area contributed by atoms with Crippen molar-refractivity contribution in [2.45, 2.75) is 39.0 Å². The molecule has 0 fully saturated rings. The van der Waals surface area contributed by atoms with Crippen LogP contribution in [0.2, 0.25) is 0 Å². The summed E-state index contributed by atoms with van der Waals surface area (Å²) in [6.45, 7) is 3.86. The molecule has 1 atom stereocenters. The van der Waals surface area contributed by atoms with Crippen molar-refractivity contribution >= 4 is 28.5 Å². The predicted octanol–water partition coefficient (Wildman–Crippen LogP) is 4.83. The van der Waals surface area contributed by atoms with Gasteiger partial charge in [0.1, 0.15) is 11.4 Å². The number of pyridine rings is 1. The minimum absolute atomic E-state index is 0.000119. The fraction of sp³-hybridized carbons (Fsp3) is 0.308. The molecule has 196 valence electrons. The number of benzene rings is 2. The van der Waals surface area contributed by atoms with Crippen molar-refractivity contribution in [1.82, 2.24) is 4.98 Å². The Morgan fingerprint density at radius 2 is 1.65 bits per heavy atom. The summed E-state index contributed by atoms with van der Waals surface area (Å²) in [5, 5.41) is 0.530. The quantitative estimate of drug-likeness (QED) is 0.225. The highest BCUT2D eigenvalue weighted by Gasteiger charge is 2.42. The SMILES string of the molecule is CCC(C)Oc1cccc(C(=O)c2ncc(CC(=O)OC(=O)C(F)(F)F)c3cc(OC)c(OC)cc23)c1. The maximum atomic E-state index is 13.5. The molecule has 0 radical (unpaired) electrons. The van der Waals surface area contributed by atoms with E-state index >= 15 is 0 Å². The number of aromatic nitrogens is 1. The van der Waals surface area contributed by atoms with Crippen LogP contribution in [0.25, 0.3) is 10.8 Å². The van der Waals surface area contributed by atoms with Crippen molar-refractivity contribution in [3.63, 3.8) is 0 Å². The summed E-state index contributed by atoms with van der Waals surface area (Å²) in [7, 11) is 2.76. The average molecular weight is 519 g/mol. The third-order valence-electron chi connectivity index (χ3n) is 5.47. The lowest BCUT2D eigenvalue weighted by Crippen LogP contribution is -2.28. The van der Waals surface area contributed by atoms with E-state index in [0.29, 0.717) is 5.75 Å². The molecule has 1 aromatic heterocycles. The summed E-state index contributed by atoms with van der Waals surface area (Å²) >= 11 is 0. The Balaban J connectivity index is 2.07. The first-order valence-corrected chi connectivity index (χ1v) is 11.1. The summed E-state index contributed by atoms with van der Waals surface area (Å²) in [6.07, 6.45) is -4.17. The lowest BCUT2D eigenvalue weighted by atomic mass is 9.98. The number of methoxy groups -OCH3 is 2. The van der Waals surface area contributed by atoms with Gasteiger partial charge in [-0.2, -0.15) is 13.2 Å². The third kappa shape index (κ3) is 6.35. The van der Waals surface area contributed by atoms with Gasteiger partial charge in [0.25, 0.3) is 0 Å². The molecular formula is C26H24F3NO7. The maximum Gasteiger partial charge on any atom is 0.491 e. The molecule has 0 spiro atoms. The molecule has 11 heteroatoms. The first kappa shape index (κ1) is 27.4. The smallest absolute Gasteiger partial charge is 0.491 e. The highest BCUT2D eigenvalue weighted by atomic mass is 19.4. The zero-order chi connectivity index (χ0) is 27.3. The molecule has 0 aliphatic rings. The van der Waals surface area contributed by atoms with E-state index in [0.717, 1.165) is 6.42 Å². The second-order valence-electron chi connectivity index (χ2n) is 8.01. The number of carbonyl (C=O) groups excluding carboxylic acids is 3. The molecule has 8 nitrogen and oxygen atoms in total. The number of esters is 2. The number of fused-ring (bicyclic) bond motifs is 1. The molecule has 0 bridgehead atoms. The normalized spacial score (nSPS) is 12.1. The van der Waals surface area contributed by atoms with Gasteiger partial charge in [0.05, 0.1) is 26.7 Å². The number of rotatable bonds is 9. The van der Waals surface area contributed by atoms with E-state index in [2.05, 4.69) is 9.72 Å². The van der Waals surface area contributed by atoms with Crippen LogP contribution in [0.4, 0.5) is 13.2 Å². The number of halogens is 3. The zero-order valence-corrected chi connectivity index (χ0v) is 20.5. The zero-order valence-electron chi connectivity index (χ0n) is 20.5. The molecule has 1 heterocycles. The van der Waals surface area contributed by atoms with Crippen LogP contribution in [0, 0.1) is 0 Å². The minimum atomic E-state index is -5.32. The highest BCUT2D eigenvalue weighted by molar-refractivity contribution is 6.16. The third-order valence-corrected chi connectivity index (χ3v) is 5.47. The van der Waals surface area contributed by atoms with Gasteiger partial charge in [0.15, 0.2) is 11.5 Å². The average Bonchev–Trinajstić information content (AvgIpc) is 2.87. The molecule has 0 aliphatic carbocycles. The molecule has 0 saturated carbocycles. The monoisotopic (exact) mass is 519 g/mol. The lowest BCUT2D eigenvalue weighted by Gasteiger charge is -2.15. The molecule has 3 rings (SSSR count). The van der Waals surface area contributed by atoms with E-state index in [1.54, 1.807) is 24.3 Å². The summed E-state index contributed by atoms with van der Waals surface area (Å²) in [5.41, 5.74) is 0.397. The number of ether oxygens (including phenoxy) is 4. The van der Waals surface area contributed by atoms with Gasteiger partial charge in [0.2, 0.25) is 5.78 Å². The van der Waals surface area contributed by atoms with Gasteiger partial charge in [-0.3, -0.25) is 14.6 Å². The Labute approximate surface area is 210 Å². The van der Waals surface area contributed by atoms with Crippen LogP contribution in [0.5, 0.6) is 17.2 Å². The van der Waals surface area contributed by atoms with Crippen LogP contribution in [0.3, 0.4) is 0 Å². The van der Waals surface area contributed by atoms with Gasteiger partial charge in [-0.05, 0) is 48.6 Å². The van der Waals surface area contributed by atoms with Crippen molar-refractivity contribution < 1.29 is 46.5 Å². The van der Waals surface area contributed by atoms with Crippen LogP contribution in [-0.2, 0) is 20.7 Å². The fourth-order valence-electron chi connectivity index (χ4n) is 3.46. The number of carbonyl (C=O) groups is 3. The first-order chi connectivity index (χ1) is 17.5. The first-order valence-electron chi connectivity index (χ1n) is 11.1. The lowest BCUT2D eigenvalue weighted by molar-refractivity contribution is -0.201. The van der Waals surface area contributed by atoms with Crippen LogP contribution >= 0.6 is 0 Å². The molecule has 3 aromatic rings. The minimum Gasteiger partial charge on any atom is -0.493 e. The Morgan fingerprint density at radius 3 is 2.24 bits per heavy atom. The largest absolute Gasteiger partial charge is 0.493 e. The Bertz CT molecular complexity index is 1340. The summed E-state index contributed by atoms with van der Waals surface area (Å²) in [4.78, 5) is 40.8. The van der Waals surface area contributed by atoms with E-state index in [9.17, 15) is 27.6 Å². The fourth-order valence-corrected chi connectivity index (χ4v) is 3.46. The van der Waals surface area contributed by atoms with Gasteiger partial charge in [-0.25, -0.2) is 4.79 Å². The van der Waals surface area contributed by atoms with Crippen molar-refractivity contribution in [3.05, 3.63) is 59.4 Å². The highest BCUT2D eigenvalue weighted by Crippen LogP contribution is 2.36. The number of hydrogen-bond donors (Lipinski definition) is 0. The Hall–Kier alpha value is -4.15. The van der Waals surface area contributed by atoms with Crippen molar-refractivity contribution in [1.29, 1.82) is 0 Å². The second kappa shape index (κ2) is 11.3. The molecule has 0 aliphatic heterocycles. The summed E-state index contributed by atoms with van der Waals surface area (Å²) in [5.74, 6) is -3.53. The summed E-state index contributed by atoms with van der Waals surface area (Å²) < 4.78 is 57.8. The topological polar surface area (TPSA) is 101 Å². The number of hydrogen-bond acceptors (Lipinski definition) is 8. The standard InChI is InChI=1S/C26H24F3NO7/c1-5-14(2)36-17-8-6-7-15(9-17)24(32)23-19-12-21(35-4)20(34-3)11-18(19)16(13-30-23)10-22(31)37-25(33)26(27,28)29/h6-9,11-14H,5,10H2,1-4H3. The molecule has 37 heavy (non-hydrogen) atoms. The number of nitrogens with zero attached hydrogens (tertiary/aromatic N) is 1. The second-order valence-corrected chi connectivity index (χ2v) is 8.01. The van der Waals surface area contributed by atoms with E-state index in [1.165, 1.54) is 32.5 Å². The van der Waals surface area contributed by atoms with Crippen molar-refractivity contribution in [2.75, 3.05) is 14.2 Å². The molecular weight excluding hydrogens is 495 g/mol. The number of alkyl halides is 3. The van der Waals surface area contributed by atoms with E-state index in [-0.39, 0.29) is 45.2 Å². The van der Waals surface area contributed by atoms with Gasteiger partial charge >= 0.3 is 18.1 Å². The number of ketones is 1. The van der Waals surface area contributed by atoms with Crippen LogP contribution in [-0.4, -0.2) is 49.2 Å². The van der Waals surface area contributed by atoms with E-state index < -0.39 is 30.3 Å². The van der Waals surface area contributed by atoms with Crippen LogP contribution in [0.1, 0.15) is 41.9 Å². The molecule has 1 unspecified atom stereocenters. The van der Waals surface area contributed by atoms with Gasteiger partial charge in [-0.1, -0.05) is 19.1 Å². The van der Waals surface area contributed by atoms with Crippen molar-refractivity contribution in [3.8, 4) is 17.2 Å². The van der Waals surface area contributed by atoms with Crippen LogP contribution < -0.4 is 14.2 Å². The van der Waals surface area contributed by atoms with Gasteiger partial charge in [0, 0.05) is 17.1 Å². The summed E-state index contributed by atoms with van der Waals surface area (Å²) in [6, 6.07) is 9.50. The van der Waals surface area contributed by atoms with E-state index in [1.807, 2.05) is 13.8 Å². The molecule has 0 N–H and O–H groups in total. The van der Waals surface area contributed by atoms with Gasteiger partial charge in [-0.15, -0.1) is 0 Å². The predicted molar refractivity (Wildman–Crippen MR) is 126 cm³/mol.